The molecule has 0 bridgehead atoms. The van der Waals surface area contributed by atoms with Gasteiger partial charge in [-0.05, 0) is 169 Å². The lowest BCUT2D eigenvalue weighted by atomic mass is 9.74. The molecule has 2 atom stereocenters. The molecule has 4 heteroatoms. The quantitative estimate of drug-likeness (QED) is 0.0698. The van der Waals surface area contributed by atoms with Crippen molar-refractivity contribution in [3.05, 3.63) is 180 Å². The van der Waals surface area contributed by atoms with Crippen molar-refractivity contribution in [2.24, 2.45) is 5.92 Å². The fourth-order valence-corrected chi connectivity index (χ4v) is 11.0. The molecule has 0 radical (unpaired) electrons. The molecule has 0 saturated heterocycles. The number of rotatable bonds is 12. The van der Waals surface area contributed by atoms with Gasteiger partial charge in [0.15, 0.2) is 0 Å². The Kier molecular flexibility index (Phi) is 10.2. The summed E-state index contributed by atoms with van der Waals surface area (Å²) in [6, 6.07) is 47.8. The van der Waals surface area contributed by atoms with E-state index < -0.39 is 17.4 Å². The second kappa shape index (κ2) is 15.7. The van der Waals surface area contributed by atoms with Crippen LogP contribution in [0.1, 0.15) is 89.1 Å². The molecular formula is C61H56O4. The number of ether oxygens (including phenoxy) is 2. The number of carbonyl (C=O) groups is 2. The molecule has 2 aliphatic rings. The van der Waals surface area contributed by atoms with E-state index in [0.29, 0.717) is 29.9 Å². The third-order valence-corrected chi connectivity index (χ3v) is 14.3. The van der Waals surface area contributed by atoms with Gasteiger partial charge < -0.3 is 9.47 Å². The first-order chi connectivity index (χ1) is 31.1. The standard InChI is InChI=1S/C61H56O4/c1-35(2)28-39-29-44-15-14-40-16-21-46(51-25-20-45(30-39)56(44)57(40)51)43-19-24-49-48-22-17-41(31-53(48)60(8,9)54(49)33-43)42-18-23-50-47-12-10-11-13-52(47)61(55(50)32-42,34-64-58(62)36(3)4)27-26-38(7)65-59(63)37(5)6/h10-25,29-33,35,38H,3,5,26-28,34H2,1-2,4,6-9H3. The van der Waals surface area contributed by atoms with Gasteiger partial charge in [-0.1, -0.05) is 150 Å². The van der Waals surface area contributed by atoms with Crippen molar-refractivity contribution in [3.8, 4) is 44.5 Å². The van der Waals surface area contributed by atoms with Crippen LogP contribution in [0.3, 0.4) is 0 Å². The smallest absolute Gasteiger partial charge is 0.333 e. The highest BCUT2D eigenvalue weighted by Gasteiger charge is 2.45. The minimum absolute atomic E-state index is 0.132. The molecular weight excluding hydrogens is 797 g/mol. The van der Waals surface area contributed by atoms with E-state index in [2.05, 4.69) is 162 Å². The highest BCUT2D eigenvalue weighted by atomic mass is 16.5. The van der Waals surface area contributed by atoms with Crippen LogP contribution in [0.4, 0.5) is 0 Å². The minimum Gasteiger partial charge on any atom is -0.461 e. The van der Waals surface area contributed by atoms with Crippen LogP contribution in [0.5, 0.6) is 0 Å². The Morgan fingerprint density at radius 2 is 1.11 bits per heavy atom. The van der Waals surface area contributed by atoms with Crippen LogP contribution < -0.4 is 0 Å². The molecule has 2 aliphatic carbocycles. The molecule has 0 saturated carbocycles. The van der Waals surface area contributed by atoms with Crippen molar-refractivity contribution >= 4 is 44.3 Å². The van der Waals surface area contributed by atoms with Crippen molar-refractivity contribution < 1.29 is 19.1 Å². The molecule has 8 aromatic rings. The summed E-state index contributed by atoms with van der Waals surface area (Å²) < 4.78 is 11.8. The highest BCUT2D eigenvalue weighted by molar-refractivity contribution is 6.25. The molecule has 324 valence electrons. The molecule has 8 aromatic carbocycles. The Morgan fingerprint density at radius 1 is 0.569 bits per heavy atom. The second-order valence-corrected chi connectivity index (χ2v) is 19.8. The van der Waals surface area contributed by atoms with E-state index in [1.54, 1.807) is 13.8 Å². The molecule has 0 spiro atoms. The van der Waals surface area contributed by atoms with E-state index in [0.717, 1.165) is 39.8 Å². The number of carbonyl (C=O) groups excluding carboxylic acids is 2. The van der Waals surface area contributed by atoms with E-state index in [9.17, 15) is 9.59 Å². The number of hydrogen-bond donors (Lipinski definition) is 0. The summed E-state index contributed by atoms with van der Waals surface area (Å²) in [4.78, 5) is 25.6. The Morgan fingerprint density at radius 3 is 1.77 bits per heavy atom. The fourth-order valence-electron chi connectivity index (χ4n) is 11.0. The molecule has 0 fully saturated rings. The van der Waals surface area contributed by atoms with Crippen molar-refractivity contribution in [1.29, 1.82) is 0 Å². The molecule has 0 amide bonds. The fraction of sp³-hybridized carbons (Fsp3) is 0.246. The average molecular weight is 853 g/mol. The van der Waals surface area contributed by atoms with Crippen LogP contribution in [0.15, 0.2) is 152 Å². The molecule has 2 unspecified atom stereocenters. The lowest BCUT2D eigenvalue weighted by Crippen LogP contribution is -2.34. The van der Waals surface area contributed by atoms with Gasteiger partial charge in [0, 0.05) is 16.6 Å². The van der Waals surface area contributed by atoms with Gasteiger partial charge in [-0.25, -0.2) is 9.59 Å². The lowest BCUT2D eigenvalue weighted by molar-refractivity contribution is -0.143. The first-order valence-electron chi connectivity index (χ1n) is 23.1. The van der Waals surface area contributed by atoms with Crippen LogP contribution in [-0.4, -0.2) is 24.6 Å². The van der Waals surface area contributed by atoms with E-state index in [1.165, 1.54) is 71.3 Å². The number of benzene rings is 8. The van der Waals surface area contributed by atoms with Crippen LogP contribution in [0, 0.1) is 5.92 Å². The predicted octanol–water partition coefficient (Wildman–Crippen LogP) is 15.1. The molecule has 0 heterocycles. The van der Waals surface area contributed by atoms with Gasteiger partial charge >= 0.3 is 11.9 Å². The third kappa shape index (κ3) is 6.97. The largest absolute Gasteiger partial charge is 0.461 e. The Bertz CT molecular complexity index is 3270. The van der Waals surface area contributed by atoms with Gasteiger partial charge in [-0.15, -0.1) is 0 Å². The molecule has 0 N–H and O–H groups in total. The van der Waals surface area contributed by atoms with E-state index in [1.807, 2.05) is 13.0 Å². The van der Waals surface area contributed by atoms with Gasteiger partial charge in [-0.2, -0.15) is 0 Å². The summed E-state index contributed by atoms with van der Waals surface area (Å²) >= 11 is 0. The first kappa shape index (κ1) is 42.2. The van der Waals surface area contributed by atoms with Crippen molar-refractivity contribution in [2.75, 3.05) is 6.61 Å². The Balaban J connectivity index is 1.02. The van der Waals surface area contributed by atoms with Crippen molar-refractivity contribution in [3.63, 3.8) is 0 Å². The predicted molar refractivity (Wildman–Crippen MR) is 269 cm³/mol. The summed E-state index contributed by atoms with van der Waals surface area (Å²) in [6.07, 6.45) is 1.85. The van der Waals surface area contributed by atoms with Crippen LogP contribution in [0.2, 0.25) is 0 Å². The van der Waals surface area contributed by atoms with Crippen LogP contribution in [-0.2, 0) is 36.3 Å². The summed E-state index contributed by atoms with van der Waals surface area (Å²) in [5.41, 5.74) is 15.5. The summed E-state index contributed by atoms with van der Waals surface area (Å²) in [7, 11) is 0. The summed E-state index contributed by atoms with van der Waals surface area (Å²) in [5.74, 6) is -0.226. The summed E-state index contributed by atoms with van der Waals surface area (Å²) in [5, 5.41) is 7.90. The van der Waals surface area contributed by atoms with Gasteiger partial charge in [0.05, 0.1) is 11.5 Å². The van der Waals surface area contributed by atoms with Crippen molar-refractivity contribution in [2.45, 2.75) is 84.7 Å². The Labute approximate surface area is 383 Å². The average Bonchev–Trinajstić information content (AvgIpc) is 3.69. The second-order valence-electron chi connectivity index (χ2n) is 19.8. The SMILES string of the molecule is C=C(C)C(=O)OCC1(CCC(C)OC(=O)C(=C)C)c2ccccc2-c2ccc(-c3ccc4c(c3)C(C)(C)c3cc(-c5ccc6ccc7cc(CC(C)C)cc8ccc5c6c78)ccc3-4)cc21. The van der Waals surface area contributed by atoms with E-state index in [-0.39, 0.29) is 18.1 Å². The molecule has 0 aromatic heterocycles. The van der Waals surface area contributed by atoms with Crippen LogP contribution >= 0.6 is 0 Å². The maximum Gasteiger partial charge on any atom is 0.333 e. The zero-order valence-electron chi connectivity index (χ0n) is 38.7. The monoisotopic (exact) mass is 852 g/mol. The molecule has 4 nitrogen and oxygen atoms in total. The number of hydrogen-bond acceptors (Lipinski definition) is 4. The minimum atomic E-state index is -0.679. The zero-order valence-corrected chi connectivity index (χ0v) is 38.7. The topological polar surface area (TPSA) is 52.6 Å². The zero-order chi connectivity index (χ0) is 45.5. The number of fused-ring (bicyclic) bond motifs is 6. The van der Waals surface area contributed by atoms with Gasteiger partial charge in [0.2, 0.25) is 0 Å². The lowest BCUT2D eigenvalue weighted by Gasteiger charge is -2.33. The summed E-state index contributed by atoms with van der Waals surface area (Å²) in [6.45, 7) is 22.3. The normalized spacial score (nSPS) is 16.1. The molecule has 65 heavy (non-hydrogen) atoms. The van der Waals surface area contributed by atoms with Gasteiger partial charge in [-0.3, -0.25) is 0 Å². The number of esters is 2. The first-order valence-corrected chi connectivity index (χ1v) is 23.1. The van der Waals surface area contributed by atoms with Gasteiger partial charge in [0.1, 0.15) is 6.61 Å². The maximum absolute atomic E-state index is 13.0. The van der Waals surface area contributed by atoms with Crippen molar-refractivity contribution in [1.82, 2.24) is 0 Å². The van der Waals surface area contributed by atoms with Crippen LogP contribution in [0.25, 0.3) is 76.8 Å². The van der Waals surface area contributed by atoms with E-state index in [4.69, 9.17) is 9.47 Å². The van der Waals surface area contributed by atoms with E-state index >= 15 is 0 Å². The third-order valence-electron chi connectivity index (χ3n) is 14.3. The van der Waals surface area contributed by atoms with Gasteiger partial charge in [0.25, 0.3) is 0 Å². The molecule has 10 rings (SSSR count). The maximum atomic E-state index is 13.0. The Hall–Kier alpha value is -6.78. The highest BCUT2D eigenvalue weighted by Crippen LogP contribution is 2.55. The molecule has 0 aliphatic heterocycles.